The van der Waals surface area contributed by atoms with Crippen molar-refractivity contribution in [3.05, 3.63) is 42.2 Å². The molecule has 2 rings (SSSR count). The van der Waals surface area contributed by atoms with Crippen LogP contribution in [0.25, 0.3) is 0 Å². The maximum atomic E-state index is 12.2. The fourth-order valence-corrected chi connectivity index (χ4v) is 2.94. The molecule has 1 aromatic heterocycles. The lowest BCUT2D eigenvalue weighted by atomic mass is 10.3. The molecule has 0 aliphatic rings. The molecule has 0 saturated carbocycles. The van der Waals surface area contributed by atoms with Gasteiger partial charge in [0.25, 0.3) is 10.0 Å². The summed E-state index contributed by atoms with van der Waals surface area (Å²) in [5, 5.41) is 2.96. The van der Waals surface area contributed by atoms with Gasteiger partial charge in [0.15, 0.2) is 0 Å². The summed E-state index contributed by atoms with van der Waals surface area (Å²) in [6, 6.07) is 8.40. The van der Waals surface area contributed by atoms with E-state index in [1.807, 2.05) is 6.92 Å². The largest absolute Gasteiger partial charge is 0.494 e. The molecule has 0 spiro atoms. The number of hydrogen-bond donors (Lipinski definition) is 3. The van der Waals surface area contributed by atoms with E-state index in [-0.39, 0.29) is 4.90 Å². The molecule has 0 atom stereocenters. The quantitative estimate of drug-likeness (QED) is 0.730. The van der Waals surface area contributed by atoms with Crippen molar-refractivity contribution < 1.29 is 13.2 Å². The summed E-state index contributed by atoms with van der Waals surface area (Å²) < 4.78 is 32.3. The number of hydrogen-bond acceptors (Lipinski definition) is 4. The number of aromatic amines is 1. The number of sulfonamides is 1. The van der Waals surface area contributed by atoms with Crippen LogP contribution in [0.3, 0.4) is 0 Å². The van der Waals surface area contributed by atoms with Crippen LogP contribution in [0.2, 0.25) is 0 Å². The molecule has 3 N–H and O–H groups in total. The van der Waals surface area contributed by atoms with E-state index in [4.69, 9.17) is 4.74 Å². The van der Waals surface area contributed by atoms with E-state index in [0.29, 0.717) is 24.6 Å². The minimum atomic E-state index is -3.59. The highest BCUT2D eigenvalue weighted by Gasteiger charge is 2.16. The third-order valence-electron chi connectivity index (χ3n) is 2.81. The number of benzene rings is 1. The van der Waals surface area contributed by atoms with Crippen LogP contribution in [0.4, 0.5) is 5.69 Å². The minimum Gasteiger partial charge on any atom is -0.494 e. The van der Waals surface area contributed by atoms with Gasteiger partial charge < -0.3 is 15.0 Å². The predicted molar refractivity (Wildman–Crippen MR) is 82.0 cm³/mol. The molecule has 2 aromatic rings. The maximum Gasteiger partial charge on any atom is 0.263 e. The van der Waals surface area contributed by atoms with Crippen LogP contribution in [-0.4, -0.2) is 27.1 Å². The fraction of sp³-hybridized carbons (Fsp3) is 0.286. The Hall–Kier alpha value is -1.99. The Bertz CT molecular complexity index is 678. The molecule has 1 aromatic carbocycles. The second-order valence-electron chi connectivity index (χ2n) is 4.45. The van der Waals surface area contributed by atoms with Gasteiger partial charge in [-0.2, -0.15) is 0 Å². The molecule has 0 aliphatic carbocycles. The van der Waals surface area contributed by atoms with Crippen molar-refractivity contribution in [2.45, 2.75) is 18.4 Å². The molecule has 6 nitrogen and oxygen atoms in total. The summed E-state index contributed by atoms with van der Waals surface area (Å²) in [5.74, 6) is 0.707. The number of anilines is 1. The van der Waals surface area contributed by atoms with E-state index in [0.717, 1.165) is 5.69 Å². The molecule has 114 valence electrons. The van der Waals surface area contributed by atoms with Gasteiger partial charge in [-0.05, 0) is 44.3 Å². The monoisotopic (exact) mass is 309 g/mol. The average molecular weight is 309 g/mol. The van der Waals surface area contributed by atoms with E-state index < -0.39 is 10.0 Å². The van der Waals surface area contributed by atoms with Crippen molar-refractivity contribution >= 4 is 15.7 Å². The van der Waals surface area contributed by atoms with Crippen molar-refractivity contribution in [1.29, 1.82) is 0 Å². The summed E-state index contributed by atoms with van der Waals surface area (Å²) in [7, 11) is -1.79. The van der Waals surface area contributed by atoms with Gasteiger partial charge in [-0.15, -0.1) is 0 Å². The van der Waals surface area contributed by atoms with E-state index in [1.165, 1.54) is 6.20 Å². The molecule has 0 fully saturated rings. The fourth-order valence-electron chi connectivity index (χ4n) is 1.87. The molecule has 1 heterocycles. The van der Waals surface area contributed by atoms with Crippen LogP contribution in [0, 0.1) is 0 Å². The van der Waals surface area contributed by atoms with Gasteiger partial charge >= 0.3 is 0 Å². The van der Waals surface area contributed by atoms with Gasteiger partial charge in [-0.1, -0.05) is 0 Å². The summed E-state index contributed by atoms with van der Waals surface area (Å²) in [6.45, 7) is 3.05. The molecular weight excluding hydrogens is 290 g/mol. The Morgan fingerprint density at radius 3 is 2.57 bits per heavy atom. The summed E-state index contributed by atoms with van der Waals surface area (Å²) >= 11 is 0. The van der Waals surface area contributed by atoms with Crippen molar-refractivity contribution in [3.63, 3.8) is 0 Å². The Morgan fingerprint density at radius 1 is 1.24 bits per heavy atom. The smallest absolute Gasteiger partial charge is 0.263 e. The molecule has 0 aliphatic heterocycles. The zero-order valence-electron chi connectivity index (χ0n) is 12.0. The van der Waals surface area contributed by atoms with Crippen molar-refractivity contribution in [1.82, 2.24) is 10.3 Å². The van der Waals surface area contributed by atoms with Gasteiger partial charge in [0.05, 0.1) is 6.61 Å². The Labute approximate surface area is 124 Å². The van der Waals surface area contributed by atoms with Gasteiger partial charge in [0, 0.05) is 24.1 Å². The van der Waals surface area contributed by atoms with E-state index in [9.17, 15) is 8.42 Å². The van der Waals surface area contributed by atoms with Gasteiger partial charge in [-0.3, -0.25) is 4.72 Å². The number of H-pyrrole nitrogens is 1. The molecule has 0 saturated heterocycles. The average Bonchev–Trinajstić information content (AvgIpc) is 2.91. The SMILES string of the molecule is CCOc1ccc(NS(=O)(=O)c2c[nH]c(CNC)c2)cc1. The van der Waals surface area contributed by atoms with E-state index in [2.05, 4.69) is 15.0 Å². The number of aromatic nitrogens is 1. The third kappa shape index (κ3) is 3.99. The number of rotatable bonds is 7. The molecule has 0 unspecified atom stereocenters. The zero-order valence-corrected chi connectivity index (χ0v) is 12.8. The first-order valence-corrected chi connectivity index (χ1v) is 8.11. The lowest BCUT2D eigenvalue weighted by Crippen LogP contribution is -2.12. The predicted octanol–water partition coefficient (Wildman–Crippen LogP) is 1.93. The molecular formula is C14H19N3O3S. The first-order valence-electron chi connectivity index (χ1n) is 6.62. The number of nitrogens with one attached hydrogen (secondary N) is 3. The first kappa shape index (κ1) is 15.4. The Kier molecular flexibility index (Phi) is 4.87. The zero-order chi connectivity index (χ0) is 15.3. The highest BCUT2D eigenvalue weighted by Crippen LogP contribution is 2.20. The third-order valence-corrected chi connectivity index (χ3v) is 4.17. The lowest BCUT2D eigenvalue weighted by molar-refractivity contribution is 0.340. The van der Waals surface area contributed by atoms with Crippen LogP contribution < -0.4 is 14.8 Å². The van der Waals surface area contributed by atoms with E-state index >= 15 is 0 Å². The number of ether oxygens (including phenoxy) is 1. The lowest BCUT2D eigenvalue weighted by Gasteiger charge is -2.08. The second-order valence-corrected chi connectivity index (χ2v) is 6.14. The summed E-state index contributed by atoms with van der Waals surface area (Å²) in [5.41, 5.74) is 1.30. The molecule has 0 bridgehead atoms. The van der Waals surface area contributed by atoms with Crippen LogP contribution >= 0.6 is 0 Å². The van der Waals surface area contributed by atoms with Crippen molar-refractivity contribution in [2.75, 3.05) is 18.4 Å². The van der Waals surface area contributed by atoms with Gasteiger partial charge in [0.2, 0.25) is 0 Å². The van der Waals surface area contributed by atoms with E-state index in [1.54, 1.807) is 37.4 Å². The Balaban J connectivity index is 2.12. The van der Waals surface area contributed by atoms with Crippen LogP contribution in [-0.2, 0) is 16.6 Å². The highest BCUT2D eigenvalue weighted by molar-refractivity contribution is 7.92. The molecule has 7 heteroatoms. The van der Waals surface area contributed by atoms with Crippen LogP contribution in [0.5, 0.6) is 5.75 Å². The summed E-state index contributed by atoms with van der Waals surface area (Å²) in [6.07, 6.45) is 1.48. The molecule has 0 amide bonds. The van der Waals surface area contributed by atoms with Gasteiger partial charge in [0.1, 0.15) is 10.6 Å². The van der Waals surface area contributed by atoms with Crippen LogP contribution in [0.15, 0.2) is 41.4 Å². The molecule has 21 heavy (non-hydrogen) atoms. The van der Waals surface area contributed by atoms with Gasteiger partial charge in [-0.25, -0.2) is 8.42 Å². The minimum absolute atomic E-state index is 0.210. The summed E-state index contributed by atoms with van der Waals surface area (Å²) in [4.78, 5) is 3.13. The van der Waals surface area contributed by atoms with Crippen molar-refractivity contribution in [2.24, 2.45) is 0 Å². The normalized spacial score (nSPS) is 11.3. The van der Waals surface area contributed by atoms with Crippen molar-refractivity contribution in [3.8, 4) is 5.75 Å². The second kappa shape index (κ2) is 6.64. The highest BCUT2D eigenvalue weighted by atomic mass is 32.2. The van der Waals surface area contributed by atoms with Crippen LogP contribution in [0.1, 0.15) is 12.6 Å². The standard InChI is InChI=1S/C14H19N3O3S/c1-3-20-13-6-4-11(5-7-13)17-21(18,19)14-8-12(9-15-2)16-10-14/h4-8,10,15-17H,3,9H2,1-2H3. The first-order chi connectivity index (χ1) is 10.0. The maximum absolute atomic E-state index is 12.2. The molecule has 0 radical (unpaired) electrons. The topological polar surface area (TPSA) is 83.2 Å². The Morgan fingerprint density at radius 2 is 1.95 bits per heavy atom.